The smallest absolute Gasteiger partial charge is 0.323 e. The Labute approximate surface area is 106 Å². The third-order valence-electron chi connectivity index (χ3n) is 2.94. The second kappa shape index (κ2) is 3.91. The number of rotatable bonds is 2. The fraction of sp³-hybridized carbons (Fsp3) is 0.0833. The van der Waals surface area contributed by atoms with Crippen LogP contribution in [0.25, 0.3) is 21.9 Å². The Morgan fingerprint density at radius 3 is 2.89 bits per heavy atom. The molecule has 2 heterocycles. The minimum atomic E-state index is -1.04. The summed E-state index contributed by atoms with van der Waals surface area (Å²) in [6, 6.07) is 4.43. The maximum absolute atomic E-state index is 14.0. The lowest BCUT2D eigenvalue weighted by Gasteiger charge is -2.02. The maximum Gasteiger partial charge on any atom is 0.323 e. The number of aromatic nitrogens is 3. The van der Waals surface area contributed by atoms with Gasteiger partial charge in [0.1, 0.15) is 30.2 Å². The van der Waals surface area contributed by atoms with Crippen molar-refractivity contribution in [1.29, 1.82) is 0 Å². The van der Waals surface area contributed by atoms with Crippen molar-refractivity contribution in [3.05, 3.63) is 30.3 Å². The van der Waals surface area contributed by atoms with Gasteiger partial charge < -0.3 is 15.4 Å². The lowest BCUT2D eigenvalue weighted by molar-refractivity contribution is -0.137. The Kier molecular flexibility index (Phi) is 2.34. The zero-order chi connectivity index (χ0) is 13.6. The molecular weight excluding hydrogens is 251 g/mol. The molecule has 0 atom stereocenters. The number of fused-ring (bicyclic) bond motifs is 3. The standard InChI is InChI=1S/C12H9FN4O2/c13-6-2-1-3-7-9(6)10-11(14)15-5-16-12(10)17(7)4-8(18)19/h1-3,5H,4H2,(H,18,19)(H2,14,15,16). The first-order chi connectivity index (χ1) is 9.09. The van der Waals surface area contributed by atoms with Crippen molar-refractivity contribution in [3.63, 3.8) is 0 Å². The number of carboxylic acids is 1. The van der Waals surface area contributed by atoms with Gasteiger partial charge in [0.05, 0.1) is 10.9 Å². The van der Waals surface area contributed by atoms with Gasteiger partial charge in [-0.25, -0.2) is 14.4 Å². The Morgan fingerprint density at radius 2 is 2.16 bits per heavy atom. The molecule has 0 saturated carbocycles. The van der Waals surface area contributed by atoms with Crippen LogP contribution in [0.4, 0.5) is 10.2 Å². The van der Waals surface area contributed by atoms with Crippen LogP contribution in [0.2, 0.25) is 0 Å². The Morgan fingerprint density at radius 1 is 1.37 bits per heavy atom. The number of carboxylic acid groups (broad SMARTS) is 1. The van der Waals surface area contributed by atoms with Crippen LogP contribution in [0.5, 0.6) is 0 Å². The summed E-state index contributed by atoms with van der Waals surface area (Å²) in [5, 5.41) is 9.54. The highest BCUT2D eigenvalue weighted by atomic mass is 19.1. The first-order valence-corrected chi connectivity index (χ1v) is 5.48. The van der Waals surface area contributed by atoms with E-state index in [0.717, 1.165) is 0 Å². The number of nitrogen functional groups attached to an aromatic ring is 1. The van der Waals surface area contributed by atoms with Gasteiger partial charge in [-0.05, 0) is 12.1 Å². The van der Waals surface area contributed by atoms with Crippen LogP contribution in [0.3, 0.4) is 0 Å². The van der Waals surface area contributed by atoms with Gasteiger partial charge in [-0.2, -0.15) is 0 Å². The fourth-order valence-electron chi connectivity index (χ4n) is 2.23. The Balaban J connectivity index is 2.55. The highest BCUT2D eigenvalue weighted by Crippen LogP contribution is 2.32. The molecule has 0 unspecified atom stereocenters. The quantitative estimate of drug-likeness (QED) is 0.726. The Hall–Kier alpha value is -2.70. The third kappa shape index (κ3) is 1.59. The van der Waals surface area contributed by atoms with E-state index in [0.29, 0.717) is 16.6 Å². The second-order valence-electron chi connectivity index (χ2n) is 4.07. The minimum absolute atomic E-state index is 0.129. The molecule has 0 radical (unpaired) electrons. The molecule has 0 fully saturated rings. The molecule has 3 aromatic rings. The van der Waals surface area contributed by atoms with Crippen molar-refractivity contribution in [2.24, 2.45) is 0 Å². The molecule has 1 aromatic carbocycles. The summed E-state index contributed by atoms with van der Waals surface area (Å²) in [6.45, 7) is -0.320. The van der Waals surface area contributed by atoms with E-state index < -0.39 is 11.8 Å². The topological polar surface area (TPSA) is 94.0 Å². The largest absolute Gasteiger partial charge is 0.480 e. The first-order valence-electron chi connectivity index (χ1n) is 5.48. The van der Waals surface area contributed by atoms with Gasteiger partial charge in [-0.1, -0.05) is 6.07 Å². The summed E-state index contributed by atoms with van der Waals surface area (Å²) in [4.78, 5) is 18.8. The predicted molar refractivity (Wildman–Crippen MR) is 67.0 cm³/mol. The summed E-state index contributed by atoms with van der Waals surface area (Å²) in [5.41, 5.74) is 6.51. The summed E-state index contributed by atoms with van der Waals surface area (Å²) in [5.74, 6) is -1.39. The number of nitrogens with zero attached hydrogens (tertiary/aromatic N) is 3. The van der Waals surface area contributed by atoms with Gasteiger partial charge in [-0.15, -0.1) is 0 Å². The predicted octanol–water partition coefficient (Wildman–Crippen LogP) is 1.39. The zero-order valence-corrected chi connectivity index (χ0v) is 9.67. The number of carbonyl (C=O) groups is 1. The molecule has 0 aliphatic rings. The van der Waals surface area contributed by atoms with Gasteiger partial charge in [0, 0.05) is 5.39 Å². The highest BCUT2D eigenvalue weighted by molar-refractivity contribution is 6.11. The molecule has 96 valence electrons. The number of anilines is 1. The van der Waals surface area contributed by atoms with E-state index in [1.807, 2.05) is 0 Å². The van der Waals surface area contributed by atoms with Crippen LogP contribution in [0.15, 0.2) is 24.5 Å². The monoisotopic (exact) mass is 260 g/mol. The minimum Gasteiger partial charge on any atom is -0.480 e. The van der Waals surface area contributed by atoms with Crippen molar-refractivity contribution in [3.8, 4) is 0 Å². The van der Waals surface area contributed by atoms with Crippen molar-refractivity contribution in [1.82, 2.24) is 14.5 Å². The lowest BCUT2D eigenvalue weighted by Crippen LogP contribution is -2.09. The van der Waals surface area contributed by atoms with Gasteiger partial charge >= 0.3 is 5.97 Å². The average molecular weight is 260 g/mol. The van der Waals surface area contributed by atoms with Crippen LogP contribution < -0.4 is 5.73 Å². The summed E-state index contributed by atoms with van der Waals surface area (Å²) in [7, 11) is 0. The van der Waals surface area contributed by atoms with E-state index in [-0.39, 0.29) is 17.7 Å². The normalized spacial score (nSPS) is 11.2. The average Bonchev–Trinajstić information content (AvgIpc) is 2.66. The maximum atomic E-state index is 14.0. The molecule has 7 heteroatoms. The second-order valence-corrected chi connectivity index (χ2v) is 4.07. The third-order valence-corrected chi connectivity index (χ3v) is 2.94. The molecule has 6 nitrogen and oxygen atoms in total. The van der Waals surface area contributed by atoms with Crippen molar-refractivity contribution >= 4 is 33.7 Å². The van der Waals surface area contributed by atoms with Crippen molar-refractivity contribution in [2.45, 2.75) is 6.54 Å². The first kappa shape index (κ1) is 11.4. The number of aliphatic carboxylic acids is 1. The van der Waals surface area contributed by atoms with Gasteiger partial charge in [0.25, 0.3) is 0 Å². The molecule has 0 saturated heterocycles. The number of hydrogen-bond donors (Lipinski definition) is 2. The van der Waals surface area contributed by atoms with E-state index >= 15 is 0 Å². The van der Waals surface area contributed by atoms with Crippen LogP contribution >= 0.6 is 0 Å². The number of benzene rings is 1. The Bertz CT molecular complexity index is 753. The molecule has 3 rings (SSSR count). The van der Waals surface area contributed by atoms with Crippen LogP contribution in [-0.2, 0) is 11.3 Å². The van der Waals surface area contributed by atoms with E-state index in [4.69, 9.17) is 10.8 Å². The van der Waals surface area contributed by atoms with E-state index in [1.165, 1.54) is 23.0 Å². The number of hydrogen-bond acceptors (Lipinski definition) is 4. The molecule has 0 aliphatic carbocycles. The van der Waals surface area contributed by atoms with E-state index in [1.54, 1.807) is 6.07 Å². The number of halogens is 1. The zero-order valence-electron chi connectivity index (χ0n) is 9.67. The molecule has 0 spiro atoms. The van der Waals surface area contributed by atoms with Crippen LogP contribution in [-0.4, -0.2) is 25.6 Å². The summed E-state index contributed by atoms with van der Waals surface area (Å²) >= 11 is 0. The molecule has 0 bridgehead atoms. The summed E-state index contributed by atoms with van der Waals surface area (Å²) in [6.07, 6.45) is 1.23. The van der Waals surface area contributed by atoms with Crippen molar-refractivity contribution < 1.29 is 14.3 Å². The van der Waals surface area contributed by atoms with Crippen molar-refractivity contribution in [2.75, 3.05) is 5.73 Å². The number of nitrogens with two attached hydrogens (primary N) is 1. The lowest BCUT2D eigenvalue weighted by atomic mass is 10.2. The molecule has 0 amide bonds. The SMILES string of the molecule is Nc1ncnc2c1c1c(F)cccc1n2CC(=O)O. The van der Waals surface area contributed by atoms with Crippen LogP contribution in [0.1, 0.15) is 0 Å². The van der Waals surface area contributed by atoms with Gasteiger partial charge in [0.2, 0.25) is 0 Å². The molecule has 3 N–H and O–H groups in total. The van der Waals surface area contributed by atoms with Gasteiger partial charge in [0.15, 0.2) is 0 Å². The molecular formula is C12H9FN4O2. The molecule has 0 aliphatic heterocycles. The van der Waals surface area contributed by atoms with Crippen LogP contribution in [0, 0.1) is 5.82 Å². The van der Waals surface area contributed by atoms with E-state index in [9.17, 15) is 9.18 Å². The highest BCUT2D eigenvalue weighted by Gasteiger charge is 2.18. The fourth-order valence-corrected chi connectivity index (χ4v) is 2.23. The van der Waals surface area contributed by atoms with Gasteiger partial charge in [-0.3, -0.25) is 4.79 Å². The van der Waals surface area contributed by atoms with E-state index in [2.05, 4.69) is 9.97 Å². The molecule has 2 aromatic heterocycles. The molecule has 19 heavy (non-hydrogen) atoms. The summed E-state index contributed by atoms with van der Waals surface area (Å²) < 4.78 is 15.4.